The van der Waals surface area contributed by atoms with Crippen LogP contribution in [-0.2, 0) is 0 Å². The lowest BCUT2D eigenvalue weighted by Crippen LogP contribution is -2.48. The molecule has 0 amide bonds. The minimum atomic E-state index is 0.708. The highest BCUT2D eigenvalue weighted by molar-refractivity contribution is 4.85. The van der Waals surface area contributed by atoms with E-state index in [0.717, 1.165) is 17.9 Å². The van der Waals surface area contributed by atoms with Crippen LogP contribution in [0, 0.1) is 11.8 Å². The average Bonchev–Trinajstić information content (AvgIpc) is 2.46. The van der Waals surface area contributed by atoms with Gasteiger partial charge in [-0.15, -0.1) is 0 Å². The van der Waals surface area contributed by atoms with Crippen molar-refractivity contribution >= 4 is 0 Å². The molecule has 0 aliphatic heterocycles. The molecule has 0 aromatic carbocycles. The summed E-state index contributed by atoms with van der Waals surface area (Å²) in [5.41, 5.74) is 0. The van der Waals surface area contributed by atoms with Gasteiger partial charge in [-0.05, 0) is 51.6 Å². The van der Waals surface area contributed by atoms with Crippen molar-refractivity contribution in [2.75, 3.05) is 20.6 Å². The van der Waals surface area contributed by atoms with E-state index in [9.17, 15) is 0 Å². The van der Waals surface area contributed by atoms with Crippen LogP contribution in [0.15, 0.2) is 0 Å². The molecule has 2 nitrogen and oxygen atoms in total. The molecule has 2 rings (SSSR count). The van der Waals surface area contributed by atoms with E-state index in [-0.39, 0.29) is 0 Å². The zero-order valence-electron chi connectivity index (χ0n) is 13.3. The van der Waals surface area contributed by atoms with Gasteiger partial charge in [-0.3, -0.25) is 0 Å². The molecule has 0 heterocycles. The maximum Gasteiger partial charge on any atom is 0.0220 e. The SMILES string of the molecule is CNC(CN(C)C1CCCCC1C)C1CCCCC1. The summed E-state index contributed by atoms with van der Waals surface area (Å²) in [7, 11) is 4.52. The maximum atomic E-state index is 3.61. The number of hydrogen-bond acceptors (Lipinski definition) is 2. The lowest BCUT2D eigenvalue weighted by atomic mass is 9.82. The summed E-state index contributed by atoms with van der Waals surface area (Å²) >= 11 is 0. The zero-order valence-corrected chi connectivity index (χ0v) is 13.3. The third-order valence-corrected chi connectivity index (χ3v) is 5.71. The summed E-state index contributed by atoms with van der Waals surface area (Å²) < 4.78 is 0. The van der Waals surface area contributed by atoms with Crippen molar-refractivity contribution in [3.63, 3.8) is 0 Å². The Morgan fingerprint density at radius 1 is 1.00 bits per heavy atom. The van der Waals surface area contributed by atoms with E-state index in [1.54, 1.807) is 0 Å². The summed E-state index contributed by atoms with van der Waals surface area (Å²) in [6.07, 6.45) is 13.0. The van der Waals surface area contributed by atoms with Gasteiger partial charge in [0, 0.05) is 18.6 Å². The molecular formula is C17H34N2. The van der Waals surface area contributed by atoms with Crippen LogP contribution in [-0.4, -0.2) is 37.6 Å². The number of likely N-dealkylation sites (N-methyl/N-ethyl adjacent to an activating group) is 2. The molecule has 19 heavy (non-hydrogen) atoms. The molecule has 0 radical (unpaired) electrons. The van der Waals surface area contributed by atoms with Crippen LogP contribution in [0.2, 0.25) is 0 Å². The van der Waals surface area contributed by atoms with Crippen LogP contribution >= 0.6 is 0 Å². The highest BCUT2D eigenvalue weighted by Crippen LogP contribution is 2.30. The Hall–Kier alpha value is -0.0800. The lowest BCUT2D eigenvalue weighted by Gasteiger charge is -2.40. The molecule has 2 saturated carbocycles. The maximum absolute atomic E-state index is 3.61. The first kappa shape index (κ1) is 15.3. The molecule has 2 heteroatoms. The van der Waals surface area contributed by atoms with Gasteiger partial charge in [-0.25, -0.2) is 0 Å². The van der Waals surface area contributed by atoms with Crippen molar-refractivity contribution in [3.05, 3.63) is 0 Å². The second kappa shape index (κ2) is 7.64. The topological polar surface area (TPSA) is 15.3 Å². The third kappa shape index (κ3) is 4.19. The molecule has 2 fully saturated rings. The van der Waals surface area contributed by atoms with Gasteiger partial charge >= 0.3 is 0 Å². The van der Waals surface area contributed by atoms with Crippen LogP contribution < -0.4 is 5.32 Å². The summed E-state index contributed by atoms with van der Waals surface area (Å²) in [5, 5.41) is 3.61. The van der Waals surface area contributed by atoms with Gasteiger partial charge in [-0.2, -0.15) is 0 Å². The number of hydrogen-bond donors (Lipinski definition) is 1. The molecule has 0 saturated heterocycles. The molecule has 3 atom stereocenters. The monoisotopic (exact) mass is 266 g/mol. The molecule has 1 N–H and O–H groups in total. The van der Waals surface area contributed by atoms with E-state index >= 15 is 0 Å². The second-order valence-corrected chi connectivity index (χ2v) is 7.06. The summed E-state index contributed by atoms with van der Waals surface area (Å²) in [5.74, 6) is 1.81. The zero-order chi connectivity index (χ0) is 13.7. The smallest absolute Gasteiger partial charge is 0.0220 e. The first-order chi connectivity index (χ1) is 9.22. The Morgan fingerprint density at radius 3 is 2.26 bits per heavy atom. The first-order valence-corrected chi connectivity index (χ1v) is 8.60. The van der Waals surface area contributed by atoms with Gasteiger partial charge in [0.2, 0.25) is 0 Å². The van der Waals surface area contributed by atoms with E-state index in [4.69, 9.17) is 0 Å². The van der Waals surface area contributed by atoms with Gasteiger partial charge in [0.1, 0.15) is 0 Å². The van der Waals surface area contributed by atoms with Crippen molar-refractivity contribution in [1.29, 1.82) is 0 Å². The van der Waals surface area contributed by atoms with Gasteiger partial charge in [0.15, 0.2) is 0 Å². The van der Waals surface area contributed by atoms with Gasteiger partial charge in [0.05, 0.1) is 0 Å². The fourth-order valence-corrected chi connectivity index (χ4v) is 4.41. The molecule has 2 aliphatic carbocycles. The number of rotatable bonds is 5. The minimum Gasteiger partial charge on any atom is -0.315 e. The van der Waals surface area contributed by atoms with E-state index in [2.05, 4.69) is 31.2 Å². The molecule has 112 valence electrons. The summed E-state index contributed by atoms with van der Waals surface area (Å²) in [6, 6.07) is 1.53. The molecule has 3 unspecified atom stereocenters. The third-order valence-electron chi connectivity index (χ3n) is 5.71. The van der Waals surface area contributed by atoms with E-state index in [1.807, 2.05) is 0 Å². The normalized spacial score (nSPS) is 31.6. The van der Waals surface area contributed by atoms with Gasteiger partial charge < -0.3 is 10.2 Å². The predicted molar refractivity (Wildman–Crippen MR) is 83.5 cm³/mol. The standard InChI is InChI=1S/C17H34N2/c1-14-9-7-8-12-17(14)19(3)13-16(18-2)15-10-5-4-6-11-15/h14-18H,4-13H2,1-3H3. The van der Waals surface area contributed by atoms with Crippen molar-refractivity contribution in [3.8, 4) is 0 Å². The van der Waals surface area contributed by atoms with Crippen molar-refractivity contribution in [1.82, 2.24) is 10.2 Å². The van der Waals surface area contributed by atoms with Crippen LogP contribution in [0.5, 0.6) is 0 Å². The highest BCUT2D eigenvalue weighted by atomic mass is 15.2. The Balaban J connectivity index is 1.85. The van der Waals surface area contributed by atoms with E-state index in [1.165, 1.54) is 64.3 Å². The largest absolute Gasteiger partial charge is 0.315 e. The fraction of sp³-hybridized carbons (Fsp3) is 1.00. The molecular weight excluding hydrogens is 232 g/mol. The highest BCUT2D eigenvalue weighted by Gasteiger charge is 2.29. The Morgan fingerprint density at radius 2 is 1.63 bits per heavy atom. The van der Waals surface area contributed by atoms with Crippen LogP contribution in [0.4, 0.5) is 0 Å². The second-order valence-electron chi connectivity index (χ2n) is 7.06. The Bertz CT molecular complexity index is 248. The summed E-state index contributed by atoms with van der Waals surface area (Å²) in [6.45, 7) is 3.70. The van der Waals surface area contributed by atoms with E-state index < -0.39 is 0 Å². The van der Waals surface area contributed by atoms with Crippen molar-refractivity contribution in [2.24, 2.45) is 11.8 Å². The minimum absolute atomic E-state index is 0.708. The average molecular weight is 266 g/mol. The van der Waals surface area contributed by atoms with Gasteiger partial charge in [-0.1, -0.05) is 39.0 Å². The fourth-order valence-electron chi connectivity index (χ4n) is 4.41. The summed E-state index contributed by atoms with van der Waals surface area (Å²) in [4.78, 5) is 2.67. The van der Waals surface area contributed by atoms with Crippen LogP contribution in [0.1, 0.15) is 64.7 Å². The first-order valence-electron chi connectivity index (χ1n) is 8.60. The predicted octanol–water partition coefficient (Wildman–Crippen LogP) is 3.67. The molecule has 0 bridgehead atoms. The van der Waals surface area contributed by atoms with Crippen LogP contribution in [0.3, 0.4) is 0 Å². The Kier molecular flexibility index (Phi) is 6.15. The number of nitrogens with zero attached hydrogens (tertiary/aromatic N) is 1. The Labute approximate surface area is 120 Å². The molecule has 2 aliphatic rings. The van der Waals surface area contributed by atoms with Gasteiger partial charge in [0.25, 0.3) is 0 Å². The van der Waals surface area contributed by atoms with Crippen molar-refractivity contribution < 1.29 is 0 Å². The van der Waals surface area contributed by atoms with Crippen LogP contribution in [0.25, 0.3) is 0 Å². The van der Waals surface area contributed by atoms with E-state index in [0.29, 0.717) is 6.04 Å². The number of nitrogens with one attached hydrogen (secondary N) is 1. The quantitative estimate of drug-likeness (QED) is 0.817. The molecule has 0 spiro atoms. The molecule has 0 aromatic heterocycles. The molecule has 0 aromatic rings. The lowest BCUT2D eigenvalue weighted by molar-refractivity contribution is 0.112. The van der Waals surface area contributed by atoms with Crippen molar-refractivity contribution in [2.45, 2.75) is 76.8 Å².